The summed E-state index contributed by atoms with van der Waals surface area (Å²) in [5.41, 5.74) is 6.80. The molecule has 2 unspecified atom stereocenters. The first kappa shape index (κ1) is 19.1. The quantitative estimate of drug-likeness (QED) is 0.847. The summed E-state index contributed by atoms with van der Waals surface area (Å²) in [6, 6.07) is 9.46. The Balaban J connectivity index is 0.00000264. The van der Waals surface area contributed by atoms with Crippen LogP contribution in [0.1, 0.15) is 45.3 Å². The van der Waals surface area contributed by atoms with Crippen molar-refractivity contribution in [1.29, 1.82) is 0 Å². The summed E-state index contributed by atoms with van der Waals surface area (Å²) in [6.07, 6.45) is 3.31. The van der Waals surface area contributed by atoms with Crippen molar-refractivity contribution in [3.8, 4) is 5.69 Å². The number of rotatable bonds is 6. The maximum Gasteiger partial charge on any atom is 0.240 e. The number of aromatic nitrogens is 3. The second kappa shape index (κ2) is 8.08. The fraction of sp³-hybridized carbons (Fsp3) is 0.438. The van der Waals surface area contributed by atoms with Gasteiger partial charge in [0.1, 0.15) is 5.69 Å². The van der Waals surface area contributed by atoms with E-state index < -0.39 is 5.54 Å². The standard InChI is InChI=1S/C16H23N5O.ClH/c1-4-10-16(3,17)15(22)18-12(2)14-11-21(20-19-14)13-8-6-5-7-9-13;/h5-9,11-12H,4,10,17H2,1-3H3,(H,18,22);1H. The van der Waals surface area contributed by atoms with Crippen LogP contribution in [-0.2, 0) is 4.79 Å². The summed E-state index contributed by atoms with van der Waals surface area (Å²) in [7, 11) is 0. The maximum atomic E-state index is 12.2. The summed E-state index contributed by atoms with van der Waals surface area (Å²) in [6.45, 7) is 5.63. The van der Waals surface area contributed by atoms with E-state index in [4.69, 9.17) is 5.73 Å². The van der Waals surface area contributed by atoms with Crippen LogP contribution in [0.15, 0.2) is 36.5 Å². The van der Waals surface area contributed by atoms with E-state index in [1.54, 1.807) is 11.6 Å². The number of nitrogens with two attached hydrogens (primary N) is 1. The Morgan fingerprint density at radius 2 is 2.04 bits per heavy atom. The van der Waals surface area contributed by atoms with Gasteiger partial charge in [0.05, 0.1) is 23.5 Å². The van der Waals surface area contributed by atoms with Crippen molar-refractivity contribution in [2.24, 2.45) is 5.73 Å². The third-order valence-corrected chi connectivity index (χ3v) is 3.61. The Morgan fingerprint density at radius 3 is 2.65 bits per heavy atom. The van der Waals surface area contributed by atoms with Gasteiger partial charge >= 0.3 is 0 Å². The van der Waals surface area contributed by atoms with Gasteiger partial charge in [-0.05, 0) is 32.4 Å². The topological polar surface area (TPSA) is 85.8 Å². The molecule has 7 heteroatoms. The summed E-state index contributed by atoms with van der Waals surface area (Å²) in [5, 5.41) is 11.1. The van der Waals surface area contributed by atoms with E-state index in [0.717, 1.165) is 12.1 Å². The van der Waals surface area contributed by atoms with Gasteiger partial charge in [-0.2, -0.15) is 0 Å². The third-order valence-electron chi connectivity index (χ3n) is 3.61. The molecule has 2 atom stereocenters. The first-order chi connectivity index (χ1) is 10.4. The molecular weight excluding hydrogens is 314 g/mol. The Morgan fingerprint density at radius 1 is 1.39 bits per heavy atom. The molecule has 23 heavy (non-hydrogen) atoms. The Labute approximate surface area is 142 Å². The number of nitrogens with one attached hydrogen (secondary N) is 1. The molecule has 0 bridgehead atoms. The van der Waals surface area contributed by atoms with Crippen molar-refractivity contribution < 1.29 is 4.79 Å². The number of carbonyl (C=O) groups is 1. The van der Waals surface area contributed by atoms with Crippen LogP contribution < -0.4 is 11.1 Å². The fourth-order valence-corrected chi connectivity index (χ4v) is 2.25. The lowest BCUT2D eigenvalue weighted by molar-refractivity contribution is -0.126. The van der Waals surface area contributed by atoms with Gasteiger partial charge < -0.3 is 11.1 Å². The second-order valence-corrected chi connectivity index (χ2v) is 5.79. The van der Waals surface area contributed by atoms with E-state index in [2.05, 4.69) is 15.6 Å². The molecule has 1 aromatic heterocycles. The molecule has 3 N–H and O–H groups in total. The molecule has 2 rings (SSSR count). The molecule has 0 saturated heterocycles. The predicted octanol–water partition coefficient (Wildman–Crippen LogP) is 2.38. The highest BCUT2D eigenvalue weighted by Gasteiger charge is 2.28. The number of halogens is 1. The van der Waals surface area contributed by atoms with Gasteiger partial charge in [-0.3, -0.25) is 4.79 Å². The number of hydrogen-bond acceptors (Lipinski definition) is 4. The molecule has 126 valence electrons. The van der Waals surface area contributed by atoms with Crippen LogP contribution in [0.5, 0.6) is 0 Å². The molecule has 2 aromatic rings. The van der Waals surface area contributed by atoms with Gasteiger partial charge in [0, 0.05) is 0 Å². The number of amides is 1. The highest BCUT2D eigenvalue weighted by Crippen LogP contribution is 2.15. The first-order valence-electron chi connectivity index (χ1n) is 7.51. The molecule has 0 aliphatic rings. The number of benzene rings is 1. The first-order valence-corrected chi connectivity index (χ1v) is 7.51. The second-order valence-electron chi connectivity index (χ2n) is 5.79. The molecule has 0 aliphatic heterocycles. The van der Waals surface area contributed by atoms with E-state index in [0.29, 0.717) is 12.1 Å². The Bertz CT molecular complexity index is 626. The lowest BCUT2D eigenvalue weighted by atomic mass is 9.96. The zero-order chi connectivity index (χ0) is 16.2. The normalized spacial score (nSPS) is 14.4. The van der Waals surface area contributed by atoms with E-state index in [-0.39, 0.29) is 24.4 Å². The van der Waals surface area contributed by atoms with Crippen molar-refractivity contribution in [2.45, 2.75) is 45.2 Å². The molecule has 0 fully saturated rings. The highest BCUT2D eigenvalue weighted by atomic mass is 35.5. The van der Waals surface area contributed by atoms with E-state index in [1.165, 1.54) is 0 Å². The van der Waals surface area contributed by atoms with Gasteiger partial charge in [-0.1, -0.05) is 36.8 Å². The van der Waals surface area contributed by atoms with Crippen molar-refractivity contribution in [3.63, 3.8) is 0 Å². The lowest BCUT2D eigenvalue weighted by Crippen LogP contribution is -2.52. The number of nitrogens with zero attached hydrogens (tertiary/aromatic N) is 3. The zero-order valence-electron chi connectivity index (χ0n) is 13.7. The van der Waals surface area contributed by atoms with Gasteiger partial charge in [0.25, 0.3) is 0 Å². The van der Waals surface area contributed by atoms with Crippen LogP contribution in [0.4, 0.5) is 0 Å². The van der Waals surface area contributed by atoms with Crippen LogP contribution in [0, 0.1) is 0 Å². The summed E-state index contributed by atoms with van der Waals surface area (Å²) < 4.78 is 1.69. The van der Waals surface area contributed by atoms with Crippen molar-refractivity contribution >= 4 is 18.3 Å². The average molecular weight is 338 g/mol. The lowest BCUT2D eigenvalue weighted by Gasteiger charge is -2.24. The molecule has 0 saturated carbocycles. The molecule has 1 amide bonds. The van der Waals surface area contributed by atoms with Crippen LogP contribution in [0.25, 0.3) is 5.69 Å². The smallest absolute Gasteiger partial charge is 0.240 e. The molecule has 6 nitrogen and oxygen atoms in total. The zero-order valence-corrected chi connectivity index (χ0v) is 14.5. The molecular formula is C16H24ClN5O. The van der Waals surface area contributed by atoms with Gasteiger partial charge in [0.15, 0.2) is 0 Å². The number of carbonyl (C=O) groups excluding carboxylic acids is 1. The molecule has 0 aliphatic carbocycles. The minimum absolute atomic E-state index is 0. The largest absolute Gasteiger partial charge is 0.346 e. The molecule has 1 aromatic carbocycles. The molecule has 0 spiro atoms. The van der Waals surface area contributed by atoms with Crippen LogP contribution in [-0.4, -0.2) is 26.4 Å². The third kappa shape index (κ3) is 4.77. The van der Waals surface area contributed by atoms with Crippen LogP contribution >= 0.6 is 12.4 Å². The van der Waals surface area contributed by atoms with Crippen molar-refractivity contribution in [2.75, 3.05) is 0 Å². The van der Waals surface area contributed by atoms with Gasteiger partial charge in [-0.25, -0.2) is 4.68 Å². The maximum absolute atomic E-state index is 12.2. The average Bonchev–Trinajstić information content (AvgIpc) is 2.98. The van der Waals surface area contributed by atoms with Crippen molar-refractivity contribution in [3.05, 3.63) is 42.2 Å². The highest BCUT2D eigenvalue weighted by molar-refractivity contribution is 5.86. The van der Waals surface area contributed by atoms with E-state index >= 15 is 0 Å². The Hall–Kier alpha value is -1.92. The van der Waals surface area contributed by atoms with Gasteiger partial charge in [0.2, 0.25) is 5.91 Å². The number of hydrogen-bond donors (Lipinski definition) is 2. The van der Waals surface area contributed by atoms with E-state index in [9.17, 15) is 4.79 Å². The van der Waals surface area contributed by atoms with Crippen molar-refractivity contribution in [1.82, 2.24) is 20.3 Å². The Kier molecular flexibility index (Phi) is 6.72. The summed E-state index contributed by atoms with van der Waals surface area (Å²) in [4.78, 5) is 12.2. The summed E-state index contributed by atoms with van der Waals surface area (Å²) in [5.74, 6) is -0.170. The summed E-state index contributed by atoms with van der Waals surface area (Å²) >= 11 is 0. The van der Waals surface area contributed by atoms with Crippen LogP contribution in [0.3, 0.4) is 0 Å². The van der Waals surface area contributed by atoms with Crippen LogP contribution in [0.2, 0.25) is 0 Å². The predicted molar refractivity (Wildman–Crippen MR) is 92.7 cm³/mol. The monoisotopic (exact) mass is 337 g/mol. The minimum atomic E-state index is -0.863. The SMILES string of the molecule is CCCC(C)(N)C(=O)NC(C)c1cn(-c2ccccc2)nn1.Cl. The number of para-hydroxylation sites is 1. The van der Waals surface area contributed by atoms with E-state index in [1.807, 2.05) is 50.4 Å². The minimum Gasteiger partial charge on any atom is -0.346 e. The van der Waals surface area contributed by atoms with Gasteiger partial charge in [-0.15, -0.1) is 17.5 Å². The fourth-order valence-electron chi connectivity index (χ4n) is 2.25. The molecule has 0 radical (unpaired) electrons. The molecule has 1 heterocycles.